The highest BCUT2D eigenvalue weighted by molar-refractivity contribution is 9.10. The Balaban J connectivity index is 1.63. The van der Waals surface area contributed by atoms with E-state index < -0.39 is 11.3 Å². The topological polar surface area (TPSA) is 75.3 Å². The SMILES string of the molecule is NC1=N[C@]2(CO1)c1cc(Br)ccc1OC1CCC3(CC12)OCCO3. The summed E-state index contributed by atoms with van der Waals surface area (Å²) in [5, 5.41) is 0. The number of hydrogen-bond donors (Lipinski definition) is 1. The molecule has 6 nitrogen and oxygen atoms in total. The van der Waals surface area contributed by atoms with Crippen LogP contribution in [-0.4, -0.2) is 37.7 Å². The van der Waals surface area contributed by atoms with Crippen LogP contribution in [-0.2, 0) is 19.7 Å². The molecule has 2 N–H and O–H groups in total. The Bertz CT molecular complexity index is 719. The van der Waals surface area contributed by atoms with E-state index in [4.69, 9.17) is 29.7 Å². The van der Waals surface area contributed by atoms with Gasteiger partial charge >= 0.3 is 0 Å². The largest absolute Gasteiger partial charge is 0.490 e. The molecule has 0 amide bonds. The number of rotatable bonds is 0. The Kier molecular flexibility index (Phi) is 3.18. The molecule has 1 saturated heterocycles. The predicted octanol–water partition coefficient (Wildman–Crippen LogP) is 2.29. The van der Waals surface area contributed by atoms with Crippen molar-refractivity contribution >= 4 is 22.0 Å². The Hall–Kier alpha value is -1.31. The molecule has 1 aliphatic carbocycles. The van der Waals surface area contributed by atoms with Crippen LogP contribution in [0.4, 0.5) is 0 Å². The average molecular weight is 395 g/mol. The van der Waals surface area contributed by atoms with Gasteiger partial charge in [-0.15, -0.1) is 0 Å². The molecule has 128 valence electrons. The van der Waals surface area contributed by atoms with Crippen LogP contribution in [0.15, 0.2) is 27.7 Å². The molecule has 1 aromatic rings. The van der Waals surface area contributed by atoms with Crippen molar-refractivity contribution in [3.05, 3.63) is 28.2 Å². The van der Waals surface area contributed by atoms with Crippen LogP contribution in [0.25, 0.3) is 0 Å². The summed E-state index contributed by atoms with van der Waals surface area (Å²) in [5.41, 5.74) is 6.40. The first kappa shape index (κ1) is 15.0. The Morgan fingerprint density at radius 2 is 2.08 bits per heavy atom. The van der Waals surface area contributed by atoms with Crippen LogP contribution < -0.4 is 10.5 Å². The van der Waals surface area contributed by atoms with E-state index in [1.165, 1.54) is 0 Å². The molecule has 5 rings (SSSR count). The van der Waals surface area contributed by atoms with Gasteiger partial charge in [-0.3, -0.25) is 0 Å². The number of hydrogen-bond acceptors (Lipinski definition) is 6. The molecule has 1 aromatic carbocycles. The maximum absolute atomic E-state index is 6.32. The lowest BCUT2D eigenvalue weighted by atomic mass is 9.67. The standard InChI is InChI=1S/C17H19BrN2O4/c18-10-1-2-13-11(7-10)17(9-21-15(19)20-17)12-8-16(22-5-6-23-16)4-3-14(12)24-13/h1-2,7,12,14H,3-6,8-9H2,(H2,19,20)/t12?,14?,17-/m1/s1. The van der Waals surface area contributed by atoms with Gasteiger partial charge in [-0.05, 0) is 24.6 Å². The fraction of sp³-hybridized carbons (Fsp3) is 0.588. The second-order valence-corrected chi connectivity index (χ2v) is 7.83. The fourth-order valence-corrected chi connectivity index (χ4v) is 4.95. The Morgan fingerprint density at radius 3 is 2.83 bits per heavy atom. The Morgan fingerprint density at radius 1 is 1.25 bits per heavy atom. The maximum Gasteiger partial charge on any atom is 0.283 e. The number of halogens is 1. The van der Waals surface area contributed by atoms with Gasteiger partial charge in [0.2, 0.25) is 0 Å². The van der Waals surface area contributed by atoms with Crippen LogP contribution in [0, 0.1) is 5.92 Å². The smallest absolute Gasteiger partial charge is 0.283 e. The van der Waals surface area contributed by atoms with Crippen LogP contribution in [0.5, 0.6) is 5.75 Å². The van der Waals surface area contributed by atoms with Crippen molar-refractivity contribution in [3.8, 4) is 5.75 Å². The first-order valence-electron chi connectivity index (χ1n) is 8.33. The van der Waals surface area contributed by atoms with E-state index in [0.717, 1.165) is 35.0 Å². The highest BCUT2D eigenvalue weighted by Gasteiger charge is 2.59. The number of nitrogens with zero attached hydrogens (tertiary/aromatic N) is 1. The monoisotopic (exact) mass is 394 g/mol. The minimum absolute atomic E-state index is 0.0651. The number of aliphatic imine (C=N–C) groups is 1. The van der Waals surface area contributed by atoms with E-state index in [-0.39, 0.29) is 18.0 Å². The first-order chi connectivity index (χ1) is 11.6. The average Bonchev–Trinajstić information content (AvgIpc) is 3.18. The van der Waals surface area contributed by atoms with Gasteiger partial charge < -0.3 is 24.7 Å². The summed E-state index contributed by atoms with van der Waals surface area (Å²) in [4.78, 5) is 4.76. The van der Waals surface area contributed by atoms with Crippen LogP contribution >= 0.6 is 15.9 Å². The van der Waals surface area contributed by atoms with E-state index in [0.29, 0.717) is 19.8 Å². The van der Waals surface area contributed by atoms with Crippen molar-refractivity contribution in [3.63, 3.8) is 0 Å². The molecular weight excluding hydrogens is 376 g/mol. The quantitative estimate of drug-likeness (QED) is 0.730. The number of amidine groups is 1. The maximum atomic E-state index is 6.32. The van der Waals surface area contributed by atoms with E-state index in [2.05, 4.69) is 22.0 Å². The van der Waals surface area contributed by atoms with E-state index in [1.807, 2.05) is 12.1 Å². The van der Waals surface area contributed by atoms with Gasteiger partial charge in [0, 0.05) is 28.8 Å². The van der Waals surface area contributed by atoms with Gasteiger partial charge in [-0.1, -0.05) is 15.9 Å². The summed E-state index contributed by atoms with van der Waals surface area (Å²) in [7, 11) is 0. The zero-order chi connectivity index (χ0) is 16.4. The highest BCUT2D eigenvalue weighted by Crippen LogP contribution is 2.55. The summed E-state index contributed by atoms with van der Waals surface area (Å²) in [6.45, 7) is 1.73. The highest BCUT2D eigenvalue weighted by atomic mass is 79.9. The van der Waals surface area contributed by atoms with Gasteiger partial charge in [0.15, 0.2) is 5.79 Å². The number of benzene rings is 1. The molecule has 2 fully saturated rings. The van der Waals surface area contributed by atoms with Crippen molar-refractivity contribution in [2.45, 2.75) is 36.7 Å². The van der Waals surface area contributed by atoms with Crippen LogP contribution in [0.2, 0.25) is 0 Å². The normalized spacial score (nSPS) is 36.0. The number of nitrogens with two attached hydrogens (primary N) is 1. The van der Waals surface area contributed by atoms with Gasteiger partial charge in [0.05, 0.1) is 13.2 Å². The second-order valence-electron chi connectivity index (χ2n) is 6.92. The van der Waals surface area contributed by atoms with Crippen LogP contribution in [0.1, 0.15) is 24.8 Å². The predicted molar refractivity (Wildman–Crippen MR) is 89.8 cm³/mol. The lowest BCUT2D eigenvalue weighted by Crippen LogP contribution is -2.55. The third-order valence-electron chi connectivity index (χ3n) is 5.65. The Labute approximate surface area is 148 Å². The van der Waals surface area contributed by atoms with Gasteiger partial charge in [0.25, 0.3) is 6.02 Å². The lowest BCUT2D eigenvalue weighted by Gasteiger charge is -2.50. The molecule has 1 saturated carbocycles. The zero-order valence-electron chi connectivity index (χ0n) is 13.2. The number of ether oxygens (including phenoxy) is 4. The number of fused-ring (bicyclic) bond motifs is 4. The minimum atomic E-state index is -0.533. The van der Waals surface area contributed by atoms with Gasteiger partial charge in [0.1, 0.15) is 24.0 Å². The van der Waals surface area contributed by atoms with Crippen molar-refractivity contribution < 1.29 is 18.9 Å². The molecule has 0 bridgehead atoms. The van der Waals surface area contributed by atoms with E-state index in [9.17, 15) is 0 Å². The van der Waals surface area contributed by atoms with Gasteiger partial charge in [-0.25, -0.2) is 4.99 Å². The molecule has 2 unspecified atom stereocenters. The molecule has 7 heteroatoms. The van der Waals surface area contributed by atoms with E-state index in [1.54, 1.807) is 0 Å². The fourth-order valence-electron chi connectivity index (χ4n) is 4.59. The molecule has 0 radical (unpaired) electrons. The summed E-state index contributed by atoms with van der Waals surface area (Å²) in [5.74, 6) is 0.464. The summed E-state index contributed by atoms with van der Waals surface area (Å²) >= 11 is 3.56. The molecule has 0 aromatic heterocycles. The third-order valence-corrected chi connectivity index (χ3v) is 6.15. The molecule has 24 heavy (non-hydrogen) atoms. The first-order valence-corrected chi connectivity index (χ1v) is 9.12. The molecule has 3 atom stereocenters. The molecule has 3 aliphatic heterocycles. The van der Waals surface area contributed by atoms with Crippen molar-refractivity contribution in [2.24, 2.45) is 16.6 Å². The van der Waals surface area contributed by atoms with Gasteiger partial charge in [-0.2, -0.15) is 0 Å². The lowest BCUT2D eigenvalue weighted by molar-refractivity contribution is -0.210. The molecule has 4 aliphatic rings. The minimum Gasteiger partial charge on any atom is -0.490 e. The van der Waals surface area contributed by atoms with Crippen LogP contribution in [0.3, 0.4) is 0 Å². The summed E-state index contributed by atoms with van der Waals surface area (Å²) < 4.78 is 24.9. The van der Waals surface area contributed by atoms with E-state index >= 15 is 0 Å². The third kappa shape index (κ3) is 2.04. The van der Waals surface area contributed by atoms with Crippen molar-refractivity contribution in [1.29, 1.82) is 0 Å². The van der Waals surface area contributed by atoms with Crippen molar-refractivity contribution in [1.82, 2.24) is 0 Å². The van der Waals surface area contributed by atoms with Crippen molar-refractivity contribution in [2.75, 3.05) is 19.8 Å². The summed E-state index contributed by atoms with van der Waals surface area (Å²) in [6, 6.07) is 6.29. The molecule has 3 heterocycles. The zero-order valence-corrected chi connectivity index (χ0v) is 14.8. The second kappa shape index (κ2) is 5.09. The molecule has 2 spiro atoms. The summed E-state index contributed by atoms with van der Waals surface area (Å²) in [6.07, 6.45) is 2.52. The molecular formula is C17H19BrN2O4.